The zero-order valence-corrected chi connectivity index (χ0v) is 14.9. The Morgan fingerprint density at radius 2 is 2.00 bits per heavy atom. The van der Waals surface area contributed by atoms with Crippen LogP contribution in [-0.4, -0.2) is 24.0 Å². The number of nitrogens with zero attached hydrogens (tertiary/aromatic N) is 1. The predicted octanol–water partition coefficient (Wildman–Crippen LogP) is -0.757. The molecule has 0 aromatic rings. The molecule has 1 unspecified atom stereocenters. The Labute approximate surface area is 131 Å². The molecule has 1 aliphatic heterocycles. The summed E-state index contributed by atoms with van der Waals surface area (Å²) in [6, 6.07) is 0. The van der Waals surface area contributed by atoms with Crippen molar-refractivity contribution in [1.29, 1.82) is 0 Å². The Morgan fingerprint density at radius 3 is 2.36 bits per heavy atom. The molecule has 1 rings (SSSR count). The first kappa shape index (κ1) is 13.0. The normalized spacial score (nSPS) is 31.1. The summed E-state index contributed by atoms with van der Waals surface area (Å²) in [5, 5.41) is 0. The molecular formula is C9H20CsN. The maximum absolute atomic E-state index is 2.47. The van der Waals surface area contributed by atoms with E-state index in [0.29, 0.717) is 5.54 Å². The summed E-state index contributed by atoms with van der Waals surface area (Å²) in [5.74, 6) is 0.853. The molecule has 1 atom stereocenters. The molecule has 1 saturated heterocycles. The van der Waals surface area contributed by atoms with Crippen molar-refractivity contribution in [2.45, 2.75) is 39.2 Å². The van der Waals surface area contributed by atoms with Gasteiger partial charge in [-0.15, -0.1) is 0 Å². The minimum absolute atomic E-state index is 0. The van der Waals surface area contributed by atoms with Gasteiger partial charge in [0.25, 0.3) is 0 Å². The van der Waals surface area contributed by atoms with Crippen LogP contribution in [0.4, 0.5) is 0 Å². The fourth-order valence-electron chi connectivity index (χ4n) is 1.65. The molecule has 0 spiro atoms. The molecule has 1 aliphatic rings. The standard InChI is InChI=1S/C9H19N.Cs.H/c1-8-6-5-7-10(4)9(8,2)3;;/h8H,5-7H2,1-4H3;;/q;+1;-1. The van der Waals surface area contributed by atoms with Gasteiger partial charge in [0.15, 0.2) is 0 Å². The van der Waals surface area contributed by atoms with Gasteiger partial charge in [-0.2, -0.15) is 0 Å². The Hall–Kier alpha value is 2.01. The number of likely N-dealkylation sites (tertiary alicyclic amines) is 1. The van der Waals surface area contributed by atoms with Gasteiger partial charge in [-0.1, -0.05) is 6.92 Å². The van der Waals surface area contributed by atoms with Crippen molar-refractivity contribution < 1.29 is 70.3 Å². The molecule has 11 heavy (non-hydrogen) atoms. The van der Waals surface area contributed by atoms with Gasteiger partial charge in [0, 0.05) is 5.54 Å². The van der Waals surface area contributed by atoms with Crippen molar-refractivity contribution in [3.63, 3.8) is 0 Å². The van der Waals surface area contributed by atoms with Crippen LogP contribution in [0.1, 0.15) is 35.0 Å². The minimum Gasteiger partial charge on any atom is -1.00 e. The number of hydrogen-bond acceptors (Lipinski definition) is 1. The Kier molecular flexibility index (Phi) is 5.95. The van der Waals surface area contributed by atoms with Crippen LogP contribution in [0.3, 0.4) is 0 Å². The molecule has 0 bridgehead atoms. The van der Waals surface area contributed by atoms with Gasteiger partial charge in [0.05, 0.1) is 0 Å². The van der Waals surface area contributed by atoms with Crippen LogP contribution in [0.2, 0.25) is 0 Å². The predicted molar refractivity (Wildman–Crippen MR) is 46.2 cm³/mol. The second kappa shape index (κ2) is 5.03. The molecule has 0 aliphatic carbocycles. The minimum atomic E-state index is 0. The molecule has 0 N–H and O–H groups in total. The molecule has 1 fully saturated rings. The third-order valence-electron chi connectivity index (χ3n) is 3.32. The first-order valence-corrected chi connectivity index (χ1v) is 4.26. The van der Waals surface area contributed by atoms with Crippen LogP contribution in [0.5, 0.6) is 0 Å². The maximum atomic E-state index is 2.47. The molecule has 62 valence electrons. The van der Waals surface area contributed by atoms with Crippen molar-refractivity contribution in [2.24, 2.45) is 5.92 Å². The van der Waals surface area contributed by atoms with E-state index in [0.717, 1.165) is 5.92 Å². The topological polar surface area (TPSA) is 3.24 Å². The van der Waals surface area contributed by atoms with Gasteiger partial charge < -0.3 is 6.33 Å². The number of rotatable bonds is 0. The number of piperidine rings is 1. The molecule has 0 saturated carbocycles. The summed E-state index contributed by atoms with van der Waals surface area (Å²) in [5.41, 5.74) is 0.429. The fraction of sp³-hybridized carbons (Fsp3) is 1.00. The van der Waals surface area contributed by atoms with E-state index < -0.39 is 0 Å². The second-order valence-electron chi connectivity index (χ2n) is 4.12. The van der Waals surface area contributed by atoms with E-state index in [1.807, 2.05) is 0 Å². The smallest absolute Gasteiger partial charge is 1.00 e. The molecule has 1 nitrogen and oxygen atoms in total. The zero-order valence-electron chi connectivity index (χ0n) is 9.65. The summed E-state index contributed by atoms with van der Waals surface area (Å²) in [6.45, 7) is 8.32. The van der Waals surface area contributed by atoms with E-state index in [1.165, 1.54) is 19.4 Å². The van der Waals surface area contributed by atoms with Gasteiger partial charge in [-0.25, -0.2) is 0 Å². The van der Waals surface area contributed by atoms with Crippen molar-refractivity contribution in [3.8, 4) is 0 Å². The average molecular weight is 275 g/mol. The monoisotopic (exact) mass is 275 g/mol. The van der Waals surface area contributed by atoms with Crippen LogP contribution < -0.4 is 68.9 Å². The molecule has 0 radical (unpaired) electrons. The molecule has 2 heteroatoms. The Bertz CT molecular complexity index is 116. The van der Waals surface area contributed by atoms with Crippen molar-refractivity contribution in [1.82, 2.24) is 4.90 Å². The SMILES string of the molecule is CC1CCCN(C)C1(C)C.[Cs+].[H-]. The van der Waals surface area contributed by atoms with E-state index in [9.17, 15) is 0 Å². The summed E-state index contributed by atoms with van der Waals surface area (Å²) < 4.78 is 0. The molecule has 0 aromatic heterocycles. The van der Waals surface area contributed by atoms with Crippen molar-refractivity contribution >= 4 is 0 Å². The maximum Gasteiger partial charge on any atom is 1.00 e. The van der Waals surface area contributed by atoms with E-state index in [4.69, 9.17) is 0 Å². The summed E-state index contributed by atoms with van der Waals surface area (Å²) in [6.07, 6.45) is 2.78. The van der Waals surface area contributed by atoms with E-state index in [1.54, 1.807) is 0 Å². The van der Waals surface area contributed by atoms with Crippen LogP contribution in [0.15, 0.2) is 0 Å². The van der Waals surface area contributed by atoms with Gasteiger partial charge in [0.1, 0.15) is 0 Å². The van der Waals surface area contributed by atoms with Gasteiger partial charge in [-0.3, -0.25) is 0 Å². The Balaban J connectivity index is 0. The zero-order chi connectivity index (χ0) is 7.78. The summed E-state index contributed by atoms with van der Waals surface area (Å²) in [7, 11) is 2.23. The van der Waals surface area contributed by atoms with Gasteiger partial charge in [0.2, 0.25) is 0 Å². The molecular weight excluding hydrogens is 255 g/mol. The number of hydrogen-bond donors (Lipinski definition) is 0. The van der Waals surface area contributed by atoms with E-state index in [-0.39, 0.29) is 70.3 Å². The quantitative estimate of drug-likeness (QED) is 0.562. The van der Waals surface area contributed by atoms with Crippen LogP contribution in [0.25, 0.3) is 0 Å². The first-order valence-electron chi connectivity index (χ1n) is 4.26. The molecule has 0 amide bonds. The van der Waals surface area contributed by atoms with Crippen molar-refractivity contribution in [3.05, 3.63) is 0 Å². The molecule has 0 aromatic carbocycles. The van der Waals surface area contributed by atoms with Crippen LogP contribution >= 0.6 is 0 Å². The molecule has 1 heterocycles. The average Bonchev–Trinajstić information content (AvgIpc) is 1.84. The van der Waals surface area contributed by atoms with Crippen LogP contribution in [-0.2, 0) is 0 Å². The Morgan fingerprint density at radius 1 is 1.45 bits per heavy atom. The largest absolute Gasteiger partial charge is 1.00 e. The van der Waals surface area contributed by atoms with Gasteiger partial charge >= 0.3 is 68.9 Å². The van der Waals surface area contributed by atoms with Gasteiger partial charge in [-0.05, 0) is 46.2 Å². The van der Waals surface area contributed by atoms with Crippen molar-refractivity contribution in [2.75, 3.05) is 13.6 Å². The summed E-state index contributed by atoms with van der Waals surface area (Å²) in [4.78, 5) is 2.47. The van der Waals surface area contributed by atoms with E-state index >= 15 is 0 Å². The van der Waals surface area contributed by atoms with Crippen LogP contribution in [0, 0.1) is 5.92 Å². The third-order valence-corrected chi connectivity index (χ3v) is 3.32. The first-order chi connectivity index (χ1) is 4.55. The summed E-state index contributed by atoms with van der Waals surface area (Å²) >= 11 is 0. The fourth-order valence-corrected chi connectivity index (χ4v) is 1.65. The second-order valence-corrected chi connectivity index (χ2v) is 4.12. The van der Waals surface area contributed by atoms with E-state index in [2.05, 4.69) is 32.7 Å². The third kappa shape index (κ3) is 3.01.